The van der Waals surface area contributed by atoms with Crippen LogP contribution in [0.25, 0.3) is 0 Å². The Kier molecular flexibility index (Phi) is 2.97. The average molecular weight is 182 g/mol. The summed E-state index contributed by atoms with van der Waals surface area (Å²) in [6.45, 7) is 0.591. The second kappa shape index (κ2) is 3.99. The van der Waals surface area contributed by atoms with E-state index in [2.05, 4.69) is 20.3 Å². The lowest BCUT2D eigenvalue weighted by Crippen LogP contribution is -2.18. The van der Waals surface area contributed by atoms with E-state index >= 15 is 0 Å². The molecule has 0 radical (unpaired) electrons. The van der Waals surface area contributed by atoms with Crippen molar-refractivity contribution in [2.24, 2.45) is 0 Å². The average Bonchev–Trinajstić information content (AvgIpc) is 2.03. The highest BCUT2D eigenvalue weighted by Crippen LogP contribution is 2.04. The molecule has 0 atom stereocenters. The molecule has 0 amide bonds. The Morgan fingerprint density at radius 2 is 2.00 bits per heavy atom. The molecule has 0 aliphatic rings. The number of nitrogen functional groups attached to an aromatic ring is 1. The van der Waals surface area contributed by atoms with E-state index in [1.54, 1.807) is 4.90 Å². The standard InChI is InChI=1S/C7H14N6/c1-9-4-5-10-6(8)12-7(11-5)13(2)3/h9H,4H2,1-3H3,(H2,8,10,11,12). The van der Waals surface area contributed by atoms with E-state index in [1.807, 2.05) is 21.1 Å². The first-order chi connectivity index (χ1) is 6.13. The molecule has 0 aliphatic carbocycles. The van der Waals surface area contributed by atoms with Gasteiger partial charge in [0.2, 0.25) is 11.9 Å². The summed E-state index contributed by atoms with van der Waals surface area (Å²) in [7, 11) is 5.55. The summed E-state index contributed by atoms with van der Waals surface area (Å²) >= 11 is 0. The Labute approximate surface area is 77.2 Å². The number of nitrogens with one attached hydrogen (secondary N) is 1. The molecule has 1 aromatic rings. The molecule has 72 valence electrons. The third-order valence-electron chi connectivity index (χ3n) is 1.42. The normalized spacial score (nSPS) is 10.1. The highest BCUT2D eigenvalue weighted by Gasteiger charge is 2.04. The SMILES string of the molecule is CNCc1nc(N)nc(N(C)C)n1. The van der Waals surface area contributed by atoms with Crippen molar-refractivity contribution in [3.63, 3.8) is 0 Å². The first-order valence-corrected chi connectivity index (χ1v) is 3.96. The second-order valence-corrected chi connectivity index (χ2v) is 2.83. The van der Waals surface area contributed by atoms with Crippen LogP contribution in [-0.2, 0) is 6.54 Å². The van der Waals surface area contributed by atoms with E-state index in [0.717, 1.165) is 0 Å². The van der Waals surface area contributed by atoms with Crippen LogP contribution in [0.15, 0.2) is 0 Å². The Balaban J connectivity index is 2.96. The summed E-state index contributed by atoms with van der Waals surface area (Å²) in [6, 6.07) is 0. The van der Waals surface area contributed by atoms with Crippen LogP contribution in [0.4, 0.5) is 11.9 Å². The van der Waals surface area contributed by atoms with Gasteiger partial charge in [0, 0.05) is 14.1 Å². The van der Waals surface area contributed by atoms with Gasteiger partial charge in [0.1, 0.15) is 5.82 Å². The predicted molar refractivity (Wildman–Crippen MR) is 51.3 cm³/mol. The topological polar surface area (TPSA) is 80.0 Å². The fourth-order valence-corrected chi connectivity index (χ4v) is 0.862. The zero-order valence-corrected chi connectivity index (χ0v) is 8.07. The molecule has 0 fully saturated rings. The zero-order chi connectivity index (χ0) is 9.84. The van der Waals surface area contributed by atoms with E-state index in [-0.39, 0.29) is 5.95 Å². The number of aromatic nitrogens is 3. The van der Waals surface area contributed by atoms with Crippen molar-refractivity contribution in [2.45, 2.75) is 6.54 Å². The van der Waals surface area contributed by atoms with Gasteiger partial charge in [-0.05, 0) is 7.05 Å². The van der Waals surface area contributed by atoms with Crippen LogP contribution >= 0.6 is 0 Å². The van der Waals surface area contributed by atoms with Crippen molar-refractivity contribution in [3.8, 4) is 0 Å². The van der Waals surface area contributed by atoms with Gasteiger partial charge < -0.3 is 16.0 Å². The van der Waals surface area contributed by atoms with Gasteiger partial charge in [0.15, 0.2) is 0 Å². The maximum absolute atomic E-state index is 5.51. The fourth-order valence-electron chi connectivity index (χ4n) is 0.862. The highest BCUT2D eigenvalue weighted by molar-refractivity contribution is 5.32. The summed E-state index contributed by atoms with van der Waals surface area (Å²) in [6.07, 6.45) is 0. The van der Waals surface area contributed by atoms with Crippen LogP contribution in [0.3, 0.4) is 0 Å². The second-order valence-electron chi connectivity index (χ2n) is 2.83. The van der Waals surface area contributed by atoms with E-state index in [9.17, 15) is 0 Å². The minimum absolute atomic E-state index is 0.254. The van der Waals surface area contributed by atoms with Crippen molar-refractivity contribution in [3.05, 3.63) is 5.82 Å². The van der Waals surface area contributed by atoms with Gasteiger partial charge in [-0.1, -0.05) is 0 Å². The molecule has 3 N–H and O–H groups in total. The van der Waals surface area contributed by atoms with Crippen LogP contribution in [0, 0.1) is 0 Å². The summed E-state index contributed by atoms with van der Waals surface area (Å²) in [5.41, 5.74) is 5.51. The lowest BCUT2D eigenvalue weighted by Gasteiger charge is -2.10. The molecule has 0 saturated heterocycles. The highest BCUT2D eigenvalue weighted by atomic mass is 15.3. The minimum Gasteiger partial charge on any atom is -0.368 e. The number of nitrogens with two attached hydrogens (primary N) is 1. The van der Waals surface area contributed by atoms with Crippen molar-refractivity contribution >= 4 is 11.9 Å². The third-order valence-corrected chi connectivity index (χ3v) is 1.42. The maximum Gasteiger partial charge on any atom is 0.229 e. The lowest BCUT2D eigenvalue weighted by atomic mass is 10.6. The lowest BCUT2D eigenvalue weighted by molar-refractivity contribution is 0.747. The predicted octanol–water partition coefficient (Wildman–Crippen LogP) is -0.761. The van der Waals surface area contributed by atoms with Gasteiger partial charge in [-0.3, -0.25) is 0 Å². The van der Waals surface area contributed by atoms with Crippen LogP contribution < -0.4 is 16.0 Å². The monoisotopic (exact) mass is 182 g/mol. The largest absolute Gasteiger partial charge is 0.368 e. The fraction of sp³-hybridized carbons (Fsp3) is 0.571. The van der Waals surface area contributed by atoms with Crippen LogP contribution in [-0.4, -0.2) is 36.1 Å². The Hall–Kier alpha value is -1.43. The molecule has 6 heteroatoms. The molecule has 0 bridgehead atoms. The summed E-state index contributed by atoms with van der Waals surface area (Å²) in [5.74, 6) is 1.49. The van der Waals surface area contributed by atoms with Crippen LogP contribution in [0.2, 0.25) is 0 Å². The molecule has 0 spiro atoms. The van der Waals surface area contributed by atoms with Gasteiger partial charge in [-0.2, -0.15) is 15.0 Å². The molecule has 0 aliphatic heterocycles. The molecule has 1 aromatic heterocycles. The summed E-state index contributed by atoms with van der Waals surface area (Å²) in [4.78, 5) is 13.9. The quantitative estimate of drug-likeness (QED) is 0.639. The number of nitrogens with zero attached hydrogens (tertiary/aromatic N) is 4. The van der Waals surface area contributed by atoms with Crippen LogP contribution in [0.5, 0.6) is 0 Å². The molecule has 0 saturated carbocycles. The van der Waals surface area contributed by atoms with E-state index in [1.165, 1.54) is 0 Å². The smallest absolute Gasteiger partial charge is 0.229 e. The molecule has 6 nitrogen and oxygen atoms in total. The molecular formula is C7H14N6. The zero-order valence-electron chi connectivity index (χ0n) is 8.07. The Bertz CT molecular complexity index is 284. The Morgan fingerprint density at radius 1 is 1.31 bits per heavy atom. The molecular weight excluding hydrogens is 168 g/mol. The summed E-state index contributed by atoms with van der Waals surface area (Å²) < 4.78 is 0. The van der Waals surface area contributed by atoms with Gasteiger partial charge in [0.05, 0.1) is 6.54 Å². The first kappa shape index (κ1) is 9.66. The Morgan fingerprint density at radius 3 is 2.54 bits per heavy atom. The van der Waals surface area contributed by atoms with Gasteiger partial charge in [0.25, 0.3) is 0 Å². The maximum atomic E-state index is 5.51. The van der Waals surface area contributed by atoms with Crippen LogP contribution in [0.1, 0.15) is 5.82 Å². The van der Waals surface area contributed by atoms with E-state index < -0.39 is 0 Å². The van der Waals surface area contributed by atoms with E-state index in [0.29, 0.717) is 18.3 Å². The number of rotatable bonds is 3. The van der Waals surface area contributed by atoms with E-state index in [4.69, 9.17) is 5.73 Å². The third kappa shape index (κ3) is 2.51. The molecule has 0 aromatic carbocycles. The molecule has 13 heavy (non-hydrogen) atoms. The van der Waals surface area contributed by atoms with Gasteiger partial charge in [-0.15, -0.1) is 0 Å². The van der Waals surface area contributed by atoms with Crippen molar-refractivity contribution in [1.82, 2.24) is 20.3 Å². The molecule has 1 rings (SSSR count). The molecule has 1 heterocycles. The number of hydrogen-bond acceptors (Lipinski definition) is 6. The van der Waals surface area contributed by atoms with Crippen molar-refractivity contribution < 1.29 is 0 Å². The number of hydrogen-bond donors (Lipinski definition) is 2. The van der Waals surface area contributed by atoms with Gasteiger partial charge in [-0.25, -0.2) is 0 Å². The minimum atomic E-state index is 0.254. The molecule has 0 unspecified atom stereocenters. The van der Waals surface area contributed by atoms with Crippen molar-refractivity contribution in [2.75, 3.05) is 31.8 Å². The first-order valence-electron chi connectivity index (χ1n) is 3.96. The summed E-state index contributed by atoms with van der Waals surface area (Å²) in [5, 5.41) is 2.95. The van der Waals surface area contributed by atoms with Gasteiger partial charge >= 0.3 is 0 Å². The number of anilines is 2. The van der Waals surface area contributed by atoms with Crippen molar-refractivity contribution in [1.29, 1.82) is 0 Å².